The molecule has 2 bridgehead atoms. The maximum absolute atomic E-state index is 12.5. The molecule has 0 heterocycles. The van der Waals surface area contributed by atoms with Crippen molar-refractivity contribution in [3.05, 3.63) is 0 Å². The van der Waals surface area contributed by atoms with Gasteiger partial charge in [-0.2, -0.15) is 0 Å². The van der Waals surface area contributed by atoms with Crippen LogP contribution in [-0.2, 0) is 29.1 Å². The second-order valence-corrected chi connectivity index (χ2v) is 17.0. The fourth-order valence-corrected chi connectivity index (χ4v) is 8.43. The first-order chi connectivity index (χ1) is 18.1. The van der Waals surface area contributed by atoms with Crippen molar-refractivity contribution in [2.24, 2.45) is 39.4 Å². The maximum atomic E-state index is 12.5. The van der Waals surface area contributed by atoms with Crippen molar-refractivity contribution in [1.82, 2.24) is 4.72 Å². The minimum atomic E-state index is -3.83. The number of nitrogens with one attached hydrogen (secondary N) is 1. The van der Waals surface area contributed by atoms with Crippen LogP contribution in [0.4, 0.5) is 0 Å². The molecule has 8 heteroatoms. The molecule has 40 heavy (non-hydrogen) atoms. The normalized spacial score (nSPS) is 28.5. The molecule has 0 aromatic heterocycles. The lowest BCUT2D eigenvalue weighted by atomic mass is 9.70. The average molecular weight is 584 g/mol. The second kappa shape index (κ2) is 12.0. The molecule has 3 fully saturated rings. The van der Waals surface area contributed by atoms with Crippen LogP contribution in [0.5, 0.6) is 0 Å². The Hall–Kier alpha value is -1.44. The van der Waals surface area contributed by atoms with E-state index in [1.807, 2.05) is 41.5 Å². The van der Waals surface area contributed by atoms with Crippen LogP contribution < -0.4 is 4.72 Å². The van der Waals surface area contributed by atoms with Gasteiger partial charge in [0.2, 0.25) is 15.9 Å². The predicted octanol–water partition coefficient (Wildman–Crippen LogP) is 6.83. The smallest absolute Gasteiger partial charge is 0.312 e. The summed E-state index contributed by atoms with van der Waals surface area (Å²) >= 11 is 0. The van der Waals surface area contributed by atoms with Gasteiger partial charge in [-0.1, -0.05) is 61.3 Å². The number of hydrogen-bond acceptors (Lipinski definition) is 6. The molecule has 3 aliphatic rings. The molecule has 0 spiro atoms. The summed E-state index contributed by atoms with van der Waals surface area (Å²) in [6.45, 7) is 21.7. The molecule has 0 aromatic rings. The van der Waals surface area contributed by atoms with Crippen LogP contribution in [0.25, 0.3) is 0 Å². The first-order valence-corrected chi connectivity index (χ1v) is 17.0. The van der Waals surface area contributed by atoms with Gasteiger partial charge in [-0.3, -0.25) is 19.1 Å². The predicted molar refractivity (Wildman–Crippen MR) is 160 cm³/mol. The largest absolute Gasteiger partial charge is 0.459 e. The lowest BCUT2D eigenvalue weighted by Crippen LogP contribution is -2.48. The van der Waals surface area contributed by atoms with Crippen molar-refractivity contribution in [2.45, 2.75) is 140 Å². The van der Waals surface area contributed by atoms with E-state index in [4.69, 9.17) is 4.74 Å². The van der Waals surface area contributed by atoms with Crippen molar-refractivity contribution in [2.75, 3.05) is 5.75 Å². The molecule has 1 amide bonds. The van der Waals surface area contributed by atoms with Gasteiger partial charge in [-0.05, 0) is 89.4 Å². The van der Waals surface area contributed by atoms with Gasteiger partial charge in [0.1, 0.15) is 11.4 Å². The highest BCUT2D eigenvalue weighted by molar-refractivity contribution is 7.90. The molecule has 232 valence electrons. The third-order valence-electron chi connectivity index (χ3n) is 11.1. The van der Waals surface area contributed by atoms with Crippen LogP contribution in [0.15, 0.2) is 0 Å². The molecule has 3 rings (SSSR count). The maximum Gasteiger partial charge on any atom is 0.312 e. The molecule has 0 saturated heterocycles. The SMILES string of the molecule is CCC(C)(C)C(=O)NS(=O)(=O)CC12CCC(CC1=O)C2(C)C.CCC(C)(C)C(=O)OC(C)(C)C1CCC(C)CC1. The Morgan fingerprint density at radius 3 is 1.88 bits per heavy atom. The third kappa shape index (κ3) is 7.30. The van der Waals surface area contributed by atoms with Gasteiger partial charge in [0.05, 0.1) is 16.6 Å². The molecule has 2 atom stereocenters. The van der Waals surface area contributed by atoms with Gasteiger partial charge in [0.15, 0.2) is 0 Å². The van der Waals surface area contributed by atoms with E-state index in [9.17, 15) is 22.8 Å². The molecule has 2 unspecified atom stereocenters. The van der Waals surface area contributed by atoms with E-state index in [-0.39, 0.29) is 39.9 Å². The summed E-state index contributed by atoms with van der Waals surface area (Å²) in [6.07, 6.45) is 8.25. The van der Waals surface area contributed by atoms with Crippen LogP contribution in [0, 0.1) is 39.4 Å². The van der Waals surface area contributed by atoms with E-state index < -0.39 is 26.8 Å². The molecular formula is C32H57NO6S. The summed E-state index contributed by atoms with van der Waals surface area (Å²) in [7, 11) is -3.83. The molecule has 0 aromatic carbocycles. The van der Waals surface area contributed by atoms with Crippen LogP contribution in [0.2, 0.25) is 0 Å². The van der Waals surface area contributed by atoms with E-state index in [2.05, 4.69) is 25.5 Å². The molecular weight excluding hydrogens is 526 g/mol. The van der Waals surface area contributed by atoms with Crippen molar-refractivity contribution in [3.8, 4) is 0 Å². The number of carbonyl (C=O) groups is 3. The molecule has 7 nitrogen and oxygen atoms in total. The number of Topliss-reactive ketones (excluding diaryl/α,β-unsaturated/α-hetero) is 1. The first-order valence-electron chi connectivity index (χ1n) is 15.4. The summed E-state index contributed by atoms with van der Waals surface area (Å²) in [5, 5.41) is 0. The summed E-state index contributed by atoms with van der Waals surface area (Å²) in [4.78, 5) is 36.8. The number of sulfonamides is 1. The molecule has 3 aliphatic carbocycles. The lowest BCUT2D eigenvalue weighted by Gasteiger charge is -2.39. The Balaban J connectivity index is 0.000000286. The minimum Gasteiger partial charge on any atom is -0.459 e. The monoisotopic (exact) mass is 583 g/mol. The summed E-state index contributed by atoms with van der Waals surface area (Å²) in [6, 6.07) is 0. The van der Waals surface area contributed by atoms with E-state index in [0.717, 1.165) is 18.8 Å². The highest BCUT2D eigenvalue weighted by atomic mass is 32.2. The summed E-state index contributed by atoms with van der Waals surface area (Å²) < 4.78 is 33.0. The first kappa shape index (κ1) is 34.8. The zero-order valence-corrected chi connectivity index (χ0v) is 28.0. The number of ether oxygens (including phenoxy) is 1. The van der Waals surface area contributed by atoms with Crippen molar-refractivity contribution < 1.29 is 27.5 Å². The molecule has 3 saturated carbocycles. The Labute approximate surface area is 244 Å². The Bertz CT molecular complexity index is 1050. The quantitative estimate of drug-likeness (QED) is 0.298. The fraction of sp³-hybridized carbons (Fsp3) is 0.906. The summed E-state index contributed by atoms with van der Waals surface area (Å²) in [5.41, 5.74) is -2.57. The molecule has 1 N–H and O–H groups in total. The number of rotatable bonds is 9. The van der Waals surface area contributed by atoms with E-state index >= 15 is 0 Å². The highest BCUT2D eigenvalue weighted by Crippen LogP contribution is 2.64. The average Bonchev–Trinajstić information content (AvgIpc) is 3.18. The number of amides is 1. The number of fused-ring (bicyclic) bond motifs is 2. The van der Waals surface area contributed by atoms with E-state index in [1.165, 1.54) is 25.7 Å². The van der Waals surface area contributed by atoms with Crippen LogP contribution in [0.3, 0.4) is 0 Å². The number of hydrogen-bond donors (Lipinski definition) is 1. The number of esters is 1. The van der Waals surface area contributed by atoms with Crippen LogP contribution in [0.1, 0.15) is 134 Å². The zero-order chi connectivity index (χ0) is 30.9. The number of carbonyl (C=O) groups excluding carboxylic acids is 3. The third-order valence-corrected chi connectivity index (χ3v) is 12.5. The zero-order valence-electron chi connectivity index (χ0n) is 27.2. The number of ketones is 1. The second-order valence-electron chi connectivity index (χ2n) is 15.3. The van der Waals surface area contributed by atoms with Gasteiger partial charge in [-0.15, -0.1) is 0 Å². The van der Waals surface area contributed by atoms with E-state index in [1.54, 1.807) is 13.8 Å². The van der Waals surface area contributed by atoms with Gasteiger partial charge >= 0.3 is 5.97 Å². The Morgan fingerprint density at radius 1 is 0.925 bits per heavy atom. The van der Waals surface area contributed by atoms with Crippen molar-refractivity contribution in [1.29, 1.82) is 0 Å². The van der Waals surface area contributed by atoms with Crippen molar-refractivity contribution in [3.63, 3.8) is 0 Å². The van der Waals surface area contributed by atoms with Gasteiger partial charge < -0.3 is 4.74 Å². The van der Waals surface area contributed by atoms with Gasteiger partial charge in [-0.25, -0.2) is 8.42 Å². The highest BCUT2D eigenvalue weighted by Gasteiger charge is 2.65. The minimum absolute atomic E-state index is 0.0429. The van der Waals surface area contributed by atoms with Gasteiger partial charge in [0.25, 0.3) is 0 Å². The Kier molecular flexibility index (Phi) is 10.5. The van der Waals surface area contributed by atoms with Crippen LogP contribution >= 0.6 is 0 Å². The topological polar surface area (TPSA) is 107 Å². The lowest BCUT2D eigenvalue weighted by molar-refractivity contribution is -0.174. The standard InChI is InChI=1S/C16H27NO4S.C16H30O2/c1-6-14(2,3)13(19)17-22(20,21)10-16-8-7-11(9-12(16)18)15(16,4)5;1-7-15(3,4)14(17)18-16(5,6)13-10-8-12(2)9-11-13/h11H,6-10H2,1-5H3,(H,17,19);12-13H,7-11H2,1-6H3. The van der Waals surface area contributed by atoms with Crippen LogP contribution in [-0.4, -0.2) is 37.4 Å². The van der Waals surface area contributed by atoms with Gasteiger partial charge in [0, 0.05) is 11.8 Å². The molecule has 0 aliphatic heterocycles. The molecule has 0 radical (unpaired) electrons. The Morgan fingerprint density at radius 2 is 1.45 bits per heavy atom. The van der Waals surface area contributed by atoms with Crippen molar-refractivity contribution >= 4 is 27.7 Å². The van der Waals surface area contributed by atoms with E-state index in [0.29, 0.717) is 25.2 Å². The fourth-order valence-electron chi connectivity index (χ4n) is 6.47. The summed E-state index contributed by atoms with van der Waals surface area (Å²) in [5.74, 6) is 0.843.